The van der Waals surface area contributed by atoms with E-state index in [1.165, 1.54) is 31.2 Å². The van der Waals surface area contributed by atoms with E-state index in [4.69, 9.17) is 0 Å². The molecule has 1 aliphatic heterocycles. The summed E-state index contributed by atoms with van der Waals surface area (Å²) in [4.78, 5) is 35.2. The maximum Gasteiger partial charge on any atom is 0.267 e. The highest BCUT2D eigenvalue weighted by Gasteiger charge is 2.16. The number of nitrogens with one attached hydrogen (secondary N) is 2. The second-order valence-electron chi connectivity index (χ2n) is 7.16. The van der Waals surface area contributed by atoms with E-state index < -0.39 is 0 Å². The van der Waals surface area contributed by atoms with E-state index >= 15 is 0 Å². The zero-order valence-corrected chi connectivity index (χ0v) is 16.7. The van der Waals surface area contributed by atoms with Crippen molar-refractivity contribution in [1.82, 2.24) is 19.7 Å². The van der Waals surface area contributed by atoms with Crippen molar-refractivity contribution in [3.05, 3.63) is 64.7 Å². The van der Waals surface area contributed by atoms with E-state index in [-0.39, 0.29) is 18.0 Å². The summed E-state index contributed by atoms with van der Waals surface area (Å²) in [6.07, 6.45) is 3.81. The van der Waals surface area contributed by atoms with Crippen molar-refractivity contribution in [2.75, 3.05) is 28.6 Å². The summed E-state index contributed by atoms with van der Waals surface area (Å²) >= 11 is 0. The van der Waals surface area contributed by atoms with Crippen LogP contribution in [0.15, 0.2) is 53.5 Å². The van der Waals surface area contributed by atoms with E-state index in [9.17, 15) is 9.59 Å². The number of hydrogen-bond acceptors (Lipinski definition) is 7. The van der Waals surface area contributed by atoms with E-state index in [2.05, 4.69) is 30.6 Å². The normalized spacial score (nSPS) is 13.3. The van der Waals surface area contributed by atoms with Gasteiger partial charge in [-0.3, -0.25) is 9.59 Å². The fourth-order valence-corrected chi connectivity index (χ4v) is 3.30. The third kappa shape index (κ3) is 4.80. The molecule has 9 nitrogen and oxygen atoms in total. The first-order valence-corrected chi connectivity index (χ1v) is 9.86. The second-order valence-corrected chi connectivity index (χ2v) is 7.16. The van der Waals surface area contributed by atoms with Gasteiger partial charge in [0.25, 0.3) is 5.56 Å². The van der Waals surface area contributed by atoms with Crippen molar-refractivity contribution in [2.45, 2.75) is 26.3 Å². The van der Waals surface area contributed by atoms with Crippen LogP contribution < -0.4 is 21.1 Å². The van der Waals surface area contributed by atoms with E-state index in [1.807, 2.05) is 25.1 Å². The van der Waals surface area contributed by atoms with Gasteiger partial charge in [-0.05, 0) is 50.1 Å². The quantitative estimate of drug-likeness (QED) is 0.648. The SMILES string of the molecule is Cc1cc(Nc2ccc(NC(=O)Cn3ncccc3=O)cc2)nc(N2CCCC2)n1. The fraction of sp³-hybridized carbons (Fsp3) is 0.286. The van der Waals surface area contributed by atoms with Crippen molar-refractivity contribution in [1.29, 1.82) is 0 Å². The van der Waals surface area contributed by atoms with Gasteiger partial charge in [0.15, 0.2) is 0 Å². The molecule has 30 heavy (non-hydrogen) atoms. The Hall–Kier alpha value is -3.75. The zero-order valence-electron chi connectivity index (χ0n) is 16.7. The van der Waals surface area contributed by atoms with Crippen LogP contribution in [-0.4, -0.2) is 38.7 Å². The van der Waals surface area contributed by atoms with Crippen LogP contribution in [0, 0.1) is 6.92 Å². The minimum atomic E-state index is -0.321. The van der Waals surface area contributed by atoms with Gasteiger partial charge < -0.3 is 15.5 Å². The Morgan fingerprint density at radius 2 is 1.80 bits per heavy atom. The van der Waals surface area contributed by atoms with Gasteiger partial charge in [-0.15, -0.1) is 0 Å². The van der Waals surface area contributed by atoms with Crippen LogP contribution in [0.1, 0.15) is 18.5 Å². The lowest BCUT2D eigenvalue weighted by Gasteiger charge is -2.17. The summed E-state index contributed by atoms with van der Waals surface area (Å²) in [6.45, 7) is 3.79. The Balaban J connectivity index is 1.39. The van der Waals surface area contributed by atoms with Gasteiger partial charge in [0.05, 0.1) is 0 Å². The molecule has 1 amide bonds. The molecule has 0 radical (unpaired) electrons. The summed E-state index contributed by atoms with van der Waals surface area (Å²) < 4.78 is 1.11. The number of carbonyl (C=O) groups is 1. The summed E-state index contributed by atoms with van der Waals surface area (Å²) in [6, 6.07) is 12.1. The number of rotatable bonds is 6. The monoisotopic (exact) mass is 405 g/mol. The highest BCUT2D eigenvalue weighted by atomic mass is 16.2. The minimum Gasteiger partial charge on any atom is -0.341 e. The molecule has 0 bridgehead atoms. The first-order valence-electron chi connectivity index (χ1n) is 9.86. The fourth-order valence-electron chi connectivity index (χ4n) is 3.30. The van der Waals surface area contributed by atoms with Crippen LogP contribution in [0.25, 0.3) is 0 Å². The number of aromatic nitrogens is 4. The third-order valence-corrected chi connectivity index (χ3v) is 4.75. The van der Waals surface area contributed by atoms with Crippen LogP contribution in [0.4, 0.5) is 23.1 Å². The number of carbonyl (C=O) groups excluding carboxylic acids is 1. The third-order valence-electron chi connectivity index (χ3n) is 4.75. The standard InChI is InChI=1S/C21H23N7O2/c1-15-13-18(26-21(23-15)27-11-2-3-12-27)24-16-6-8-17(9-7-16)25-19(29)14-28-20(30)5-4-10-22-28/h4-10,13H,2-3,11-12,14H2,1H3,(H,25,29)(H,23,24,26). The van der Waals surface area contributed by atoms with E-state index in [0.717, 1.165) is 40.9 Å². The smallest absolute Gasteiger partial charge is 0.267 e. The second kappa shape index (κ2) is 8.73. The Kier molecular flexibility index (Phi) is 5.69. The number of nitrogens with zero attached hydrogens (tertiary/aromatic N) is 5. The number of benzene rings is 1. The van der Waals surface area contributed by atoms with Gasteiger partial charge in [-0.2, -0.15) is 10.1 Å². The van der Waals surface area contributed by atoms with E-state index in [1.54, 1.807) is 12.1 Å². The van der Waals surface area contributed by atoms with Crippen molar-refractivity contribution < 1.29 is 4.79 Å². The van der Waals surface area contributed by atoms with Crippen LogP contribution >= 0.6 is 0 Å². The van der Waals surface area contributed by atoms with Crippen molar-refractivity contribution in [3.63, 3.8) is 0 Å². The molecule has 1 fully saturated rings. The molecule has 0 unspecified atom stereocenters. The molecule has 2 N–H and O–H groups in total. The molecule has 0 atom stereocenters. The lowest BCUT2D eigenvalue weighted by molar-refractivity contribution is -0.117. The highest BCUT2D eigenvalue weighted by Crippen LogP contribution is 2.22. The Bertz CT molecular complexity index is 1090. The van der Waals surface area contributed by atoms with E-state index in [0.29, 0.717) is 5.69 Å². The first kappa shape index (κ1) is 19.6. The Morgan fingerprint density at radius 1 is 1.07 bits per heavy atom. The minimum absolute atomic E-state index is 0.140. The van der Waals surface area contributed by atoms with Crippen LogP contribution in [-0.2, 0) is 11.3 Å². The molecule has 1 saturated heterocycles. The molecule has 3 heterocycles. The maximum atomic E-state index is 12.2. The van der Waals surface area contributed by atoms with Crippen molar-refractivity contribution in [3.8, 4) is 0 Å². The molecular weight excluding hydrogens is 382 g/mol. The molecule has 9 heteroatoms. The van der Waals surface area contributed by atoms with Gasteiger partial charge in [0, 0.05) is 48.5 Å². The Labute approximate surface area is 173 Å². The van der Waals surface area contributed by atoms with Crippen molar-refractivity contribution in [2.24, 2.45) is 0 Å². The first-order chi connectivity index (χ1) is 14.6. The van der Waals surface area contributed by atoms with Crippen LogP contribution in [0.3, 0.4) is 0 Å². The highest BCUT2D eigenvalue weighted by molar-refractivity contribution is 5.90. The number of anilines is 4. The molecule has 0 aliphatic carbocycles. The number of aryl methyl sites for hydroxylation is 1. The molecular formula is C21H23N7O2. The maximum absolute atomic E-state index is 12.2. The molecule has 0 spiro atoms. The van der Waals surface area contributed by atoms with Crippen LogP contribution in [0.2, 0.25) is 0 Å². The molecule has 0 saturated carbocycles. The molecule has 4 rings (SSSR count). The topological polar surface area (TPSA) is 105 Å². The molecule has 2 aromatic heterocycles. The Morgan fingerprint density at radius 3 is 2.53 bits per heavy atom. The number of hydrogen-bond donors (Lipinski definition) is 2. The molecule has 1 aliphatic rings. The lowest BCUT2D eigenvalue weighted by Crippen LogP contribution is -2.28. The summed E-state index contributed by atoms with van der Waals surface area (Å²) in [5.41, 5.74) is 2.06. The van der Waals surface area contributed by atoms with Gasteiger partial charge >= 0.3 is 0 Å². The molecule has 1 aromatic carbocycles. The van der Waals surface area contributed by atoms with Gasteiger partial charge in [-0.25, -0.2) is 9.67 Å². The largest absolute Gasteiger partial charge is 0.341 e. The number of amides is 1. The van der Waals surface area contributed by atoms with Gasteiger partial charge in [0.1, 0.15) is 12.4 Å². The van der Waals surface area contributed by atoms with Gasteiger partial charge in [0.2, 0.25) is 11.9 Å². The average Bonchev–Trinajstić information content (AvgIpc) is 3.26. The molecule has 3 aromatic rings. The summed E-state index contributed by atoms with van der Waals surface area (Å²) in [5.74, 6) is 1.16. The predicted molar refractivity (Wildman–Crippen MR) is 115 cm³/mol. The summed E-state index contributed by atoms with van der Waals surface area (Å²) in [5, 5.41) is 9.94. The van der Waals surface area contributed by atoms with Crippen LogP contribution in [0.5, 0.6) is 0 Å². The van der Waals surface area contributed by atoms with Crippen molar-refractivity contribution >= 4 is 29.0 Å². The molecule has 154 valence electrons. The lowest BCUT2D eigenvalue weighted by atomic mass is 10.2. The van der Waals surface area contributed by atoms with Gasteiger partial charge in [-0.1, -0.05) is 0 Å². The zero-order chi connectivity index (χ0) is 20.9. The summed E-state index contributed by atoms with van der Waals surface area (Å²) in [7, 11) is 0. The predicted octanol–water partition coefficient (Wildman–Crippen LogP) is 2.32. The average molecular weight is 405 g/mol.